The van der Waals surface area contributed by atoms with Crippen LogP contribution in [0.25, 0.3) is 11.4 Å². The van der Waals surface area contributed by atoms with Gasteiger partial charge in [-0.3, -0.25) is 4.79 Å². The Morgan fingerprint density at radius 1 is 1.03 bits per heavy atom. The number of benzene rings is 2. The molecular formula is C23H22N4O3. The van der Waals surface area contributed by atoms with E-state index in [4.69, 9.17) is 4.74 Å². The highest BCUT2D eigenvalue weighted by Gasteiger charge is 2.31. The molecule has 0 unspecified atom stereocenters. The summed E-state index contributed by atoms with van der Waals surface area (Å²) in [4.78, 5) is 24.8. The highest BCUT2D eigenvalue weighted by atomic mass is 16.5. The lowest BCUT2D eigenvalue weighted by atomic mass is 9.98. The average molecular weight is 402 g/mol. The molecule has 1 N–H and O–H groups in total. The zero-order chi connectivity index (χ0) is 20.5. The first-order valence-electron chi connectivity index (χ1n) is 10.3. The topological polar surface area (TPSA) is 86.1 Å². The standard InChI is InChI=1S/C23H22N4O3/c28-22(19-14-16-6-3-4-7-18(16)23(29)30-19)24-17-11-9-15(10-12-17)21-26-25-20-8-2-1-5-13-27(20)21/h3-4,6-7,9-12,19H,1-2,5,8,13-14H2,(H,24,28)/t19-/m0/s1. The fraction of sp³-hybridized carbons (Fsp3) is 0.304. The summed E-state index contributed by atoms with van der Waals surface area (Å²) >= 11 is 0. The Morgan fingerprint density at radius 3 is 2.73 bits per heavy atom. The molecule has 0 saturated heterocycles. The maximum atomic E-state index is 12.7. The second-order valence-electron chi connectivity index (χ2n) is 7.72. The highest BCUT2D eigenvalue weighted by Crippen LogP contribution is 2.25. The first-order chi connectivity index (χ1) is 14.7. The molecule has 7 nitrogen and oxygen atoms in total. The molecule has 0 bridgehead atoms. The largest absolute Gasteiger partial charge is 0.448 e. The van der Waals surface area contributed by atoms with E-state index in [2.05, 4.69) is 20.1 Å². The lowest BCUT2D eigenvalue weighted by molar-refractivity contribution is -0.125. The monoisotopic (exact) mass is 402 g/mol. The van der Waals surface area contributed by atoms with E-state index in [0.29, 0.717) is 17.7 Å². The number of hydrogen-bond donors (Lipinski definition) is 1. The number of carbonyl (C=O) groups is 2. The van der Waals surface area contributed by atoms with Crippen LogP contribution in [0.15, 0.2) is 48.5 Å². The zero-order valence-electron chi connectivity index (χ0n) is 16.5. The van der Waals surface area contributed by atoms with Gasteiger partial charge >= 0.3 is 5.97 Å². The minimum atomic E-state index is -0.834. The van der Waals surface area contributed by atoms with Crippen LogP contribution < -0.4 is 5.32 Å². The van der Waals surface area contributed by atoms with E-state index in [0.717, 1.165) is 48.6 Å². The van der Waals surface area contributed by atoms with E-state index in [9.17, 15) is 9.59 Å². The molecule has 152 valence electrons. The van der Waals surface area contributed by atoms with Crippen LogP contribution in [0.1, 0.15) is 41.0 Å². The van der Waals surface area contributed by atoms with Crippen molar-refractivity contribution < 1.29 is 14.3 Å². The van der Waals surface area contributed by atoms with Crippen molar-refractivity contribution in [2.45, 2.75) is 44.8 Å². The molecule has 0 aliphatic carbocycles. The van der Waals surface area contributed by atoms with E-state index in [-0.39, 0.29) is 5.91 Å². The Morgan fingerprint density at radius 2 is 1.87 bits per heavy atom. The van der Waals surface area contributed by atoms with Crippen LogP contribution in [0.2, 0.25) is 0 Å². The SMILES string of the molecule is O=C1O[C@H](C(=O)Nc2ccc(-c3nnc4n3CCCCC4)cc2)Cc2ccccc21. The lowest BCUT2D eigenvalue weighted by Crippen LogP contribution is -2.37. The molecule has 0 radical (unpaired) electrons. The molecule has 1 amide bonds. The predicted molar refractivity (Wildman–Crippen MR) is 111 cm³/mol. The van der Waals surface area contributed by atoms with Gasteiger partial charge in [-0.25, -0.2) is 4.79 Å². The number of amides is 1. The van der Waals surface area contributed by atoms with Gasteiger partial charge in [0.2, 0.25) is 0 Å². The van der Waals surface area contributed by atoms with Gasteiger partial charge in [-0.15, -0.1) is 10.2 Å². The summed E-state index contributed by atoms with van der Waals surface area (Å²) in [6.07, 6.45) is 4.00. The van der Waals surface area contributed by atoms with Crippen LogP contribution in [0.3, 0.4) is 0 Å². The Bertz CT molecular complexity index is 1100. The number of anilines is 1. The number of nitrogens with zero attached hydrogens (tertiary/aromatic N) is 3. The van der Waals surface area contributed by atoms with Gasteiger partial charge < -0.3 is 14.6 Å². The van der Waals surface area contributed by atoms with Gasteiger partial charge in [0.25, 0.3) is 5.91 Å². The summed E-state index contributed by atoms with van der Waals surface area (Å²) in [5.74, 6) is 1.11. The van der Waals surface area contributed by atoms with Gasteiger partial charge in [0.1, 0.15) is 5.82 Å². The zero-order valence-corrected chi connectivity index (χ0v) is 16.5. The summed E-state index contributed by atoms with van der Waals surface area (Å²) < 4.78 is 7.52. The predicted octanol–water partition coefficient (Wildman–Crippen LogP) is 3.39. The van der Waals surface area contributed by atoms with Crippen molar-refractivity contribution in [2.24, 2.45) is 0 Å². The number of rotatable bonds is 3. The van der Waals surface area contributed by atoms with Crippen LogP contribution in [0.5, 0.6) is 0 Å². The normalized spacial score (nSPS) is 18.0. The number of ether oxygens (including phenoxy) is 1. The van der Waals surface area contributed by atoms with Crippen molar-refractivity contribution >= 4 is 17.6 Å². The van der Waals surface area contributed by atoms with Gasteiger partial charge in [-0.2, -0.15) is 0 Å². The number of cyclic esters (lactones) is 1. The molecule has 1 aromatic heterocycles. The molecule has 5 rings (SSSR count). The molecule has 3 aromatic rings. The maximum Gasteiger partial charge on any atom is 0.339 e. The number of hydrogen-bond acceptors (Lipinski definition) is 5. The van der Waals surface area contributed by atoms with E-state index < -0.39 is 12.1 Å². The summed E-state index contributed by atoms with van der Waals surface area (Å²) in [5.41, 5.74) is 2.97. The van der Waals surface area contributed by atoms with Crippen LogP contribution in [0.4, 0.5) is 5.69 Å². The first kappa shape index (κ1) is 18.5. The van der Waals surface area contributed by atoms with Crippen molar-refractivity contribution in [1.82, 2.24) is 14.8 Å². The van der Waals surface area contributed by atoms with E-state index >= 15 is 0 Å². The molecule has 2 aromatic carbocycles. The van der Waals surface area contributed by atoms with Crippen LogP contribution in [-0.2, 0) is 28.9 Å². The lowest BCUT2D eigenvalue weighted by Gasteiger charge is -2.23. The minimum Gasteiger partial charge on any atom is -0.448 e. The van der Waals surface area contributed by atoms with Gasteiger partial charge in [-0.05, 0) is 48.7 Å². The number of aromatic nitrogens is 3. The quantitative estimate of drug-likeness (QED) is 0.679. The second kappa shape index (κ2) is 7.74. The molecular weight excluding hydrogens is 380 g/mol. The van der Waals surface area contributed by atoms with Crippen LogP contribution >= 0.6 is 0 Å². The molecule has 0 spiro atoms. The van der Waals surface area contributed by atoms with Crippen molar-refractivity contribution in [1.29, 1.82) is 0 Å². The van der Waals surface area contributed by atoms with E-state index in [1.807, 2.05) is 36.4 Å². The van der Waals surface area contributed by atoms with Gasteiger partial charge in [0.15, 0.2) is 11.9 Å². The number of aryl methyl sites for hydroxylation is 1. The van der Waals surface area contributed by atoms with Crippen molar-refractivity contribution in [3.63, 3.8) is 0 Å². The summed E-state index contributed by atoms with van der Waals surface area (Å²) in [5, 5.41) is 11.6. The van der Waals surface area contributed by atoms with Crippen molar-refractivity contribution in [2.75, 3.05) is 5.32 Å². The van der Waals surface area contributed by atoms with Gasteiger partial charge in [0, 0.05) is 30.6 Å². The van der Waals surface area contributed by atoms with Crippen molar-refractivity contribution in [3.8, 4) is 11.4 Å². The Labute approximate surface area is 174 Å². The smallest absolute Gasteiger partial charge is 0.339 e. The van der Waals surface area contributed by atoms with Crippen LogP contribution in [0, 0.1) is 0 Å². The Balaban J connectivity index is 1.30. The average Bonchev–Trinajstić information content (AvgIpc) is 3.02. The van der Waals surface area contributed by atoms with Gasteiger partial charge in [-0.1, -0.05) is 24.6 Å². The minimum absolute atomic E-state index is 0.332. The van der Waals surface area contributed by atoms with Crippen molar-refractivity contribution in [3.05, 3.63) is 65.5 Å². The molecule has 0 fully saturated rings. The van der Waals surface area contributed by atoms with E-state index in [1.54, 1.807) is 12.1 Å². The molecule has 3 heterocycles. The third kappa shape index (κ3) is 3.47. The van der Waals surface area contributed by atoms with E-state index in [1.165, 1.54) is 6.42 Å². The fourth-order valence-electron chi connectivity index (χ4n) is 4.10. The molecule has 0 saturated carbocycles. The first-order valence-corrected chi connectivity index (χ1v) is 10.3. The molecule has 2 aliphatic rings. The summed E-state index contributed by atoms with van der Waals surface area (Å²) in [6.45, 7) is 0.935. The Hall–Kier alpha value is -3.48. The number of fused-ring (bicyclic) bond motifs is 2. The molecule has 1 atom stereocenters. The van der Waals surface area contributed by atoms with Crippen LogP contribution in [-0.4, -0.2) is 32.7 Å². The van der Waals surface area contributed by atoms with Gasteiger partial charge in [0.05, 0.1) is 5.56 Å². The molecule has 30 heavy (non-hydrogen) atoms. The third-order valence-corrected chi connectivity index (χ3v) is 5.70. The Kier molecular flexibility index (Phi) is 4.78. The number of nitrogens with one attached hydrogen (secondary N) is 1. The summed E-state index contributed by atoms with van der Waals surface area (Å²) in [6, 6.07) is 14.8. The second-order valence-corrected chi connectivity index (χ2v) is 7.72. The highest BCUT2D eigenvalue weighted by molar-refractivity contribution is 6.00. The number of carbonyl (C=O) groups excluding carboxylic acids is 2. The fourth-order valence-corrected chi connectivity index (χ4v) is 4.10. The third-order valence-electron chi connectivity index (χ3n) is 5.70. The molecule has 2 aliphatic heterocycles. The number of esters is 1. The molecule has 7 heteroatoms. The maximum absolute atomic E-state index is 12.7. The summed E-state index contributed by atoms with van der Waals surface area (Å²) in [7, 11) is 0.